The summed E-state index contributed by atoms with van der Waals surface area (Å²) in [5.74, 6) is -1.71. The maximum absolute atomic E-state index is 14.4. The quantitative estimate of drug-likeness (QED) is 0.120. The molecule has 8 rings (SSSR count). The molecule has 1 saturated heterocycles. The number of ketones is 2. The summed E-state index contributed by atoms with van der Waals surface area (Å²) in [5, 5.41) is 39.7. The number of hydrogen-bond acceptors (Lipinski definition) is 12. The predicted molar refractivity (Wildman–Crippen MR) is 208 cm³/mol. The average Bonchev–Trinajstić information content (AvgIpc) is 3.77. The number of benzene rings is 4. The van der Waals surface area contributed by atoms with Crippen LogP contribution in [0, 0.1) is 0 Å². The summed E-state index contributed by atoms with van der Waals surface area (Å²) < 4.78 is 7.02. The number of nitrogens with one attached hydrogen (secondary N) is 1. The van der Waals surface area contributed by atoms with Gasteiger partial charge in [0.2, 0.25) is 22.9 Å². The Hall–Kier alpha value is -6.22. The van der Waals surface area contributed by atoms with Gasteiger partial charge in [-0.05, 0) is 34.9 Å². The minimum atomic E-state index is -2.88. The normalized spacial score (nSPS) is 27.0. The maximum Gasteiger partial charge on any atom is 0.253 e. The lowest BCUT2D eigenvalue weighted by atomic mass is 9.57. The van der Waals surface area contributed by atoms with Crippen LogP contribution in [0.4, 0.5) is 0 Å². The Bertz CT molecular complexity index is 2290. The van der Waals surface area contributed by atoms with E-state index in [1.807, 2.05) is 0 Å². The van der Waals surface area contributed by atoms with Gasteiger partial charge in [-0.15, -0.1) is 0 Å². The molecule has 282 valence electrons. The molecule has 0 saturated carbocycles. The van der Waals surface area contributed by atoms with Gasteiger partial charge >= 0.3 is 0 Å². The molecule has 13 nitrogen and oxygen atoms in total. The molecule has 6 N–H and O–H groups in total. The van der Waals surface area contributed by atoms with E-state index in [1.165, 1.54) is 23.1 Å². The van der Waals surface area contributed by atoms with Crippen LogP contribution in [0.2, 0.25) is 0 Å². The topological polar surface area (TPSA) is 199 Å². The number of fused-ring (bicyclic) bond motifs is 1. The second-order valence-corrected chi connectivity index (χ2v) is 13.9. The second kappa shape index (κ2) is 14.1. The van der Waals surface area contributed by atoms with E-state index in [-0.39, 0.29) is 34.9 Å². The minimum absolute atomic E-state index is 0.0621. The van der Waals surface area contributed by atoms with E-state index in [2.05, 4.69) is 15.3 Å². The van der Waals surface area contributed by atoms with Crippen molar-refractivity contribution in [1.29, 1.82) is 0 Å². The van der Waals surface area contributed by atoms with Gasteiger partial charge < -0.3 is 30.3 Å². The van der Waals surface area contributed by atoms with Crippen molar-refractivity contribution in [2.45, 2.75) is 41.2 Å². The Kier molecular flexibility index (Phi) is 9.27. The SMILES string of the molecule is NC1(C(=O)c2ccccc2)N=CN=C2C1=NCN2[C@]1(C(C2=CC(=O)CC=C2)(c2ccccc2)c2ccccc2)O[C@H](CO)[C@@H](O)[C@]1(O)NC(=O)c1ccccc1. The van der Waals surface area contributed by atoms with E-state index in [0.29, 0.717) is 16.7 Å². The summed E-state index contributed by atoms with van der Waals surface area (Å²) >= 11 is 0. The lowest BCUT2D eigenvalue weighted by Crippen LogP contribution is -2.80. The van der Waals surface area contributed by atoms with Crippen LogP contribution in [0.1, 0.15) is 38.3 Å². The number of hydrogen-bond donors (Lipinski definition) is 5. The van der Waals surface area contributed by atoms with Crippen molar-refractivity contribution in [3.8, 4) is 0 Å². The molecule has 3 heterocycles. The highest BCUT2D eigenvalue weighted by atomic mass is 16.6. The van der Waals surface area contributed by atoms with Crippen molar-refractivity contribution in [3.63, 3.8) is 0 Å². The maximum atomic E-state index is 14.4. The highest BCUT2D eigenvalue weighted by Gasteiger charge is 2.79. The zero-order valence-corrected chi connectivity index (χ0v) is 30.0. The predicted octanol–water partition coefficient (Wildman–Crippen LogP) is 2.69. The molecule has 0 spiro atoms. The average molecular weight is 751 g/mol. The first-order chi connectivity index (χ1) is 27.1. The van der Waals surface area contributed by atoms with Crippen LogP contribution in [0.3, 0.4) is 0 Å². The van der Waals surface area contributed by atoms with Gasteiger partial charge in [0.05, 0.1) is 12.0 Å². The number of aliphatic hydroxyl groups is 3. The van der Waals surface area contributed by atoms with Crippen LogP contribution in [-0.2, 0) is 14.9 Å². The van der Waals surface area contributed by atoms with Gasteiger partial charge in [0, 0.05) is 17.5 Å². The molecule has 0 radical (unpaired) electrons. The molecular weight excluding hydrogens is 713 g/mol. The lowest BCUT2D eigenvalue weighted by molar-refractivity contribution is -0.237. The molecule has 1 amide bonds. The number of ether oxygens (including phenoxy) is 1. The fourth-order valence-electron chi connectivity index (χ4n) is 8.39. The summed E-state index contributed by atoms with van der Waals surface area (Å²) in [6, 6.07) is 34.2. The van der Waals surface area contributed by atoms with Crippen LogP contribution >= 0.6 is 0 Å². The number of carbonyl (C=O) groups excluding carboxylic acids is 3. The van der Waals surface area contributed by atoms with E-state index >= 15 is 0 Å². The van der Waals surface area contributed by atoms with Crippen LogP contribution in [-0.4, -0.2) is 98.2 Å². The number of amidine groups is 1. The van der Waals surface area contributed by atoms with Gasteiger partial charge in [-0.3, -0.25) is 25.1 Å². The largest absolute Gasteiger partial charge is 0.394 e. The molecule has 1 fully saturated rings. The van der Waals surface area contributed by atoms with Crippen LogP contribution in [0.5, 0.6) is 0 Å². The first-order valence-electron chi connectivity index (χ1n) is 18.0. The third-order valence-electron chi connectivity index (χ3n) is 10.8. The molecule has 0 bridgehead atoms. The summed E-state index contributed by atoms with van der Waals surface area (Å²) in [6.07, 6.45) is 2.49. The fraction of sp³-hybridized carbons (Fsp3) is 0.209. The number of aliphatic hydroxyl groups excluding tert-OH is 2. The fourth-order valence-corrected chi connectivity index (χ4v) is 8.39. The standard InChI is InChI=1S/C43H38N6O7/c44-41(36(52)28-14-5-1-6-15-28)35-38(45-26-47-41)49(27-46-35)43(42(55,37(53)34(25-50)56-43)48-39(54)29-16-7-2-8-17-29)40(30-18-9-3-10-19-30,31-20-11-4-12-21-31)32-22-13-23-33(51)24-32/h1-22,24,26,34,37,50,53,55H,23,25,27,44H2,(H,48,54)/t34-,37-,41?,42-,43-/m1/s1. The zero-order valence-electron chi connectivity index (χ0n) is 30.0. The van der Waals surface area contributed by atoms with Crippen LogP contribution in [0.15, 0.2) is 160 Å². The molecule has 13 heteroatoms. The third kappa shape index (κ3) is 5.35. The van der Waals surface area contributed by atoms with Gasteiger partial charge in [0.25, 0.3) is 5.91 Å². The third-order valence-corrected chi connectivity index (χ3v) is 10.8. The van der Waals surface area contributed by atoms with Gasteiger partial charge in [-0.1, -0.05) is 121 Å². The number of Topliss-reactive ketones (excluding diaryl/α,β-unsaturated/α-hetero) is 1. The van der Waals surface area contributed by atoms with E-state index in [0.717, 1.165) is 6.34 Å². The zero-order chi connectivity index (χ0) is 39.1. The Morgan fingerprint density at radius 3 is 2.04 bits per heavy atom. The lowest BCUT2D eigenvalue weighted by Gasteiger charge is -2.59. The Labute approximate surface area is 321 Å². The Balaban J connectivity index is 1.47. The molecule has 3 aliphatic heterocycles. The number of rotatable bonds is 10. The first kappa shape index (κ1) is 36.7. The Morgan fingerprint density at radius 1 is 0.893 bits per heavy atom. The van der Waals surface area contributed by atoms with Crippen molar-refractivity contribution < 1.29 is 34.4 Å². The molecule has 4 aromatic carbocycles. The van der Waals surface area contributed by atoms with Crippen molar-refractivity contribution >= 4 is 35.4 Å². The molecule has 1 aliphatic carbocycles. The van der Waals surface area contributed by atoms with Gasteiger partial charge in [-0.25, -0.2) is 9.98 Å². The molecule has 4 aliphatic rings. The van der Waals surface area contributed by atoms with Gasteiger partial charge in [0.1, 0.15) is 30.9 Å². The van der Waals surface area contributed by atoms with E-state index in [9.17, 15) is 29.7 Å². The molecule has 1 unspecified atom stereocenters. The number of nitrogens with zero attached hydrogens (tertiary/aromatic N) is 4. The highest BCUT2D eigenvalue weighted by molar-refractivity contribution is 6.52. The number of aliphatic imine (C=N–C) groups is 3. The summed E-state index contributed by atoms with van der Waals surface area (Å²) in [5.41, 5.74) is -0.925. The molecule has 56 heavy (non-hydrogen) atoms. The van der Waals surface area contributed by atoms with E-state index < -0.39 is 59.7 Å². The van der Waals surface area contributed by atoms with Crippen LogP contribution in [0.25, 0.3) is 0 Å². The Morgan fingerprint density at radius 2 is 1.46 bits per heavy atom. The van der Waals surface area contributed by atoms with Crippen molar-refractivity contribution in [1.82, 2.24) is 10.2 Å². The smallest absolute Gasteiger partial charge is 0.253 e. The highest BCUT2D eigenvalue weighted by Crippen LogP contribution is 2.60. The molecule has 5 atom stereocenters. The van der Waals surface area contributed by atoms with Crippen LogP contribution < -0.4 is 11.1 Å². The molecular formula is C43H38N6O7. The number of carbonyl (C=O) groups is 3. The summed E-state index contributed by atoms with van der Waals surface area (Å²) in [7, 11) is 0. The van der Waals surface area contributed by atoms with Crippen molar-refractivity contribution in [3.05, 3.63) is 167 Å². The van der Waals surface area contributed by atoms with Crippen molar-refractivity contribution in [2.75, 3.05) is 13.3 Å². The van der Waals surface area contributed by atoms with E-state index in [1.54, 1.807) is 121 Å². The number of amides is 1. The van der Waals surface area contributed by atoms with Gasteiger partial charge in [0.15, 0.2) is 11.6 Å². The second-order valence-electron chi connectivity index (χ2n) is 13.9. The molecule has 4 aromatic rings. The monoisotopic (exact) mass is 750 g/mol. The minimum Gasteiger partial charge on any atom is -0.394 e. The summed E-state index contributed by atoms with van der Waals surface area (Å²) in [6.45, 7) is -1.22. The number of allylic oxidation sites excluding steroid dienone is 3. The van der Waals surface area contributed by atoms with Crippen molar-refractivity contribution in [2.24, 2.45) is 20.7 Å². The molecule has 0 aromatic heterocycles. The summed E-state index contributed by atoms with van der Waals surface area (Å²) in [4.78, 5) is 57.3. The first-order valence-corrected chi connectivity index (χ1v) is 18.0. The number of nitrogens with two attached hydrogens (primary N) is 1. The van der Waals surface area contributed by atoms with E-state index in [4.69, 9.17) is 15.5 Å². The van der Waals surface area contributed by atoms with Gasteiger partial charge in [-0.2, -0.15) is 0 Å².